The standard InChI is InChI=1S/C11H11BrClNO2S/c12-7-5-6(1-2-8(7)13)10-14-9(11(15)16)3-4-17-10/h1-2,5,9-10,14H,3-4H2,(H,15,16). The zero-order valence-corrected chi connectivity index (χ0v) is 12.0. The first-order valence-electron chi connectivity index (χ1n) is 5.13. The number of aliphatic carboxylic acids is 1. The van der Waals surface area contributed by atoms with E-state index >= 15 is 0 Å². The number of hydrogen-bond donors (Lipinski definition) is 2. The maximum absolute atomic E-state index is 11.0. The molecular formula is C11H11BrClNO2S. The van der Waals surface area contributed by atoms with Crippen LogP contribution in [-0.4, -0.2) is 22.9 Å². The Morgan fingerprint density at radius 3 is 3.00 bits per heavy atom. The summed E-state index contributed by atoms with van der Waals surface area (Å²) >= 11 is 11.0. The fourth-order valence-electron chi connectivity index (χ4n) is 1.68. The highest BCUT2D eigenvalue weighted by Crippen LogP contribution is 2.34. The number of halogens is 2. The first-order chi connectivity index (χ1) is 8.08. The molecule has 92 valence electrons. The van der Waals surface area contributed by atoms with Crippen molar-refractivity contribution in [3.8, 4) is 0 Å². The Balaban J connectivity index is 2.16. The third-order valence-corrected chi connectivity index (χ3v) is 5.02. The van der Waals surface area contributed by atoms with Crippen molar-refractivity contribution in [2.75, 3.05) is 5.75 Å². The Morgan fingerprint density at radius 2 is 2.35 bits per heavy atom. The van der Waals surface area contributed by atoms with Crippen molar-refractivity contribution < 1.29 is 9.90 Å². The van der Waals surface area contributed by atoms with Gasteiger partial charge in [-0.2, -0.15) is 0 Å². The van der Waals surface area contributed by atoms with Crippen LogP contribution >= 0.6 is 39.3 Å². The molecule has 1 aromatic carbocycles. The van der Waals surface area contributed by atoms with Crippen LogP contribution in [0.3, 0.4) is 0 Å². The second-order valence-electron chi connectivity index (χ2n) is 3.77. The molecule has 0 radical (unpaired) electrons. The van der Waals surface area contributed by atoms with Gasteiger partial charge in [0.2, 0.25) is 0 Å². The van der Waals surface area contributed by atoms with Crippen LogP contribution in [0.15, 0.2) is 22.7 Å². The quantitative estimate of drug-likeness (QED) is 0.870. The molecule has 0 aromatic heterocycles. The molecule has 2 rings (SSSR count). The first kappa shape index (κ1) is 13.2. The lowest BCUT2D eigenvalue weighted by Crippen LogP contribution is -2.41. The normalized spacial score (nSPS) is 24.6. The van der Waals surface area contributed by atoms with Crippen molar-refractivity contribution >= 4 is 45.3 Å². The Bertz CT molecular complexity index is 443. The van der Waals surface area contributed by atoms with Crippen molar-refractivity contribution in [1.82, 2.24) is 5.32 Å². The van der Waals surface area contributed by atoms with Gasteiger partial charge in [-0.1, -0.05) is 17.7 Å². The fraction of sp³-hybridized carbons (Fsp3) is 0.364. The maximum Gasteiger partial charge on any atom is 0.320 e. The molecule has 1 heterocycles. The van der Waals surface area contributed by atoms with E-state index in [1.807, 2.05) is 18.2 Å². The molecule has 1 aromatic rings. The molecule has 3 nitrogen and oxygen atoms in total. The third-order valence-electron chi connectivity index (χ3n) is 2.59. The largest absolute Gasteiger partial charge is 0.480 e. The Hall–Kier alpha value is -0.230. The van der Waals surface area contributed by atoms with E-state index < -0.39 is 12.0 Å². The first-order valence-corrected chi connectivity index (χ1v) is 7.35. The van der Waals surface area contributed by atoms with Gasteiger partial charge >= 0.3 is 5.97 Å². The summed E-state index contributed by atoms with van der Waals surface area (Å²) in [6.45, 7) is 0. The minimum Gasteiger partial charge on any atom is -0.480 e. The summed E-state index contributed by atoms with van der Waals surface area (Å²) in [5.41, 5.74) is 1.04. The van der Waals surface area contributed by atoms with E-state index in [0.717, 1.165) is 15.8 Å². The minimum atomic E-state index is -0.789. The number of carbonyl (C=O) groups is 1. The van der Waals surface area contributed by atoms with Crippen molar-refractivity contribution in [3.05, 3.63) is 33.3 Å². The molecule has 2 unspecified atom stereocenters. The second-order valence-corrected chi connectivity index (χ2v) is 6.25. The molecule has 1 fully saturated rings. The summed E-state index contributed by atoms with van der Waals surface area (Å²) in [5, 5.41) is 12.8. The highest BCUT2D eigenvalue weighted by atomic mass is 79.9. The molecule has 2 atom stereocenters. The molecule has 2 N–H and O–H groups in total. The van der Waals surface area contributed by atoms with Crippen LogP contribution in [-0.2, 0) is 4.79 Å². The SMILES string of the molecule is O=C(O)C1CCSC(c2ccc(Cl)c(Br)c2)N1. The van der Waals surface area contributed by atoms with E-state index in [1.165, 1.54) is 0 Å². The lowest BCUT2D eigenvalue weighted by atomic mass is 10.1. The van der Waals surface area contributed by atoms with Crippen LogP contribution < -0.4 is 5.32 Å². The topological polar surface area (TPSA) is 49.3 Å². The number of thioether (sulfide) groups is 1. The van der Waals surface area contributed by atoms with E-state index in [2.05, 4.69) is 21.2 Å². The Kier molecular flexibility index (Phi) is 4.36. The molecule has 0 amide bonds. The van der Waals surface area contributed by atoms with E-state index in [9.17, 15) is 4.79 Å². The highest BCUT2D eigenvalue weighted by molar-refractivity contribution is 9.10. The van der Waals surface area contributed by atoms with Gasteiger partial charge in [0.15, 0.2) is 0 Å². The van der Waals surface area contributed by atoms with Gasteiger partial charge in [0.1, 0.15) is 6.04 Å². The van der Waals surface area contributed by atoms with Gasteiger partial charge in [0, 0.05) is 4.47 Å². The smallest absolute Gasteiger partial charge is 0.320 e. The average molecular weight is 337 g/mol. The summed E-state index contributed by atoms with van der Waals surface area (Å²) in [4.78, 5) is 11.0. The van der Waals surface area contributed by atoms with Crippen LogP contribution in [0, 0.1) is 0 Å². The summed E-state index contributed by atoms with van der Waals surface area (Å²) in [7, 11) is 0. The summed E-state index contributed by atoms with van der Waals surface area (Å²) in [6.07, 6.45) is 0.658. The second kappa shape index (κ2) is 5.61. The summed E-state index contributed by atoms with van der Waals surface area (Å²) < 4.78 is 0.830. The summed E-state index contributed by atoms with van der Waals surface area (Å²) in [5.74, 6) is 0.0536. The molecule has 0 bridgehead atoms. The number of carboxylic acid groups (broad SMARTS) is 1. The zero-order valence-electron chi connectivity index (χ0n) is 8.82. The number of carboxylic acids is 1. The van der Waals surface area contributed by atoms with Crippen LogP contribution in [0.1, 0.15) is 17.4 Å². The maximum atomic E-state index is 11.0. The molecule has 0 aliphatic carbocycles. The number of rotatable bonds is 2. The van der Waals surface area contributed by atoms with Crippen molar-refractivity contribution in [2.24, 2.45) is 0 Å². The van der Waals surface area contributed by atoms with Gasteiger partial charge in [-0.15, -0.1) is 11.8 Å². The van der Waals surface area contributed by atoms with Crippen molar-refractivity contribution in [3.63, 3.8) is 0 Å². The van der Waals surface area contributed by atoms with Gasteiger partial charge < -0.3 is 5.11 Å². The van der Waals surface area contributed by atoms with Gasteiger partial charge in [0.05, 0.1) is 10.4 Å². The lowest BCUT2D eigenvalue weighted by Gasteiger charge is -2.28. The molecular weight excluding hydrogens is 326 g/mol. The molecule has 17 heavy (non-hydrogen) atoms. The molecule has 1 aliphatic rings. The van der Waals surface area contributed by atoms with E-state index in [1.54, 1.807) is 11.8 Å². The van der Waals surface area contributed by atoms with Crippen molar-refractivity contribution in [2.45, 2.75) is 17.8 Å². The molecule has 1 aliphatic heterocycles. The van der Waals surface area contributed by atoms with Crippen LogP contribution in [0.5, 0.6) is 0 Å². The van der Waals surface area contributed by atoms with Gasteiger partial charge in [-0.3, -0.25) is 10.1 Å². The van der Waals surface area contributed by atoms with Crippen LogP contribution in [0.4, 0.5) is 0 Å². The van der Waals surface area contributed by atoms with E-state index in [0.29, 0.717) is 11.4 Å². The minimum absolute atomic E-state index is 0.0124. The van der Waals surface area contributed by atoms with Crippen LogP contribution in [0.25, 0.3) is 0 Å². The number of hydrogen-bond acceptors (Lipinski definition) is 3. The zero-order chi connectivity index (χ0) is 12.4. The van der Waals surface area contributed by atoms with Gasteiger partial charge in [-0.25, -0.2) is 0 Å². The fourth-order valence-corrected chi connectivity index (χ4v) is 3.40. The highest BCUT2D eigenvalue weighted by Gasteiger charge is 2.27. The van der Waals surface area contributed by atoms with Gasteiger partial charge in [0.25, 0.3) is 0 Å². The lowest BCUT2D eigenvalue weighted by molar-refractivity contribution is -0.139. The van der Waals surface area contributed by atoms with E-state index in [4.69, 9.17) is 16.7 Å². The molecule has 0 saturated carbocycles. The van der Waals surface area contributed by atoms with Crippen molar-refractivity contribution in [1.29, 1.82) is 0 Å². The predicted octanol–water partition coefficient (Wildman–Crippen LogP) is 3.28. The number of nitrogens with one attached hydrogen (secondary N) is 1. The Labute approximate surface area is 117 Å². The average Bonchev–Trinajstić information content (AvgIpc) is 2.33. The summed E-state index contributed by atoms with van der Waals surface area (Å²) in [6, 6.07) is 5.20. The molecule has 6 heteroatoms. The van der Waals surface area contributed by atoms with Crippen LogP contribution in [0.2, 0.25) is 5.02 Å². The monoisotopic (exact) mass is 335 g/mol. The Morgan fingerprint density at radius 1 is 1.59 bits per heavy atom. The third kappa shape index (κ3) is 3.16. The molecule has 1 saturated heterocycles. The number of benzene rings is 1. The van der Waals surface area contributed by atoms with Gasteiger partial charge in [-0.05, 0) is 45.8 Å². The molecule has 0 spiro atoms. The predicted molar refractivity (Wildman–Crippen MR) is 73.5 cm³/mol. The van der Waals surface area contributed by atoms with E-state index in [-0.39, 0.29) is 5.37 Å².